The summed E-state index contributed by atoms with van der Waals surface area (Å²) in [4.78, 5) is 0. The maximum absolute atomic E-state index is 14.5. The summed E-state index contributed by atoms with van der Waals surface area (Å²) in [6.07, 6.45) is 2.69. The molecule has 0 aliphatic carbocycles. The topological polar surface area (TPSA) is 30.5 Å². The number of nitrogens with one attached hydrogen (secondary N) is 1. The third kappa shape index (κ3) is 2.17. The maximum Gasteiger partial charge on any atom is 0.182 e. The predicted molar refractivity (Wildman–Crippen MR) is 71.6 cm³/mol. The second kappa shape index (κ2) is 4.84. The molecule has 0 spiro atoms. The monoisotopic (exact) mass is 285 g/mol. The van der Waals surface area contributed by atoms with Crippen LogP contribution in [0.5, 0.6) is 11.5 Å². The third-order valence-corrected chi connectivity index (χ3v) is 4.22. The van der Waals surface area contributed by atoms with Gasteiger partial charge in [-0.3, -0.25) is 0 Å². The molecule has 19 heavy (non-hydrogen) atoms. The van der Waals surface area contributed by atoms with Crippen LogP contribution in [0.15, 0.2) is 6.07 Å². The van der Waals surface area contributed by atoms with Crippen LogP contribution in [0.1, 0.15) is 31.7 Å². The van der Waals surface area contributed by atoms with Crippen molar-refractivity contribution in [1.82, 2.24) is 5.32 Å². The minimum atomic E-state index is -0.400. The molecule has 1 N–H and O–H groups in total. The number of halogens is 2. The van der Waals surface area contributed by atoms with Gasteiger partial charge in [0.25, 0.3) is 0 Å². The molecule has 2 aliphatic heterocycles. The quantitative estimate of drug-likeness (QED) is 0.859. The van der Waals surface area contributed by atoms with E-state index in [1.165, 1.54) is 0 Å². The Morgan fingerprint density at radius 1 is 1.32 bits per heavy atom. The highest BCUT2D eigenvalue weighted by atomic mass is 35.5. The molecule has 1 saturated heterocycles. The molecule has 0 saturated carbocycles. The molecule has 0 bridgehead atoms. The molecule has 104 valence electrons. The van der Waals surface area contributed by atoms with Crippen LogP contribution >= 0.6 is 11.6 Å². The number of ether oxygens (including phenoxy) is 2. The second-order valence-electron chi connectivity index (χ2n) is 5.29. The summed E-state index contributed by atoms with van der Waals surface area (Å²) < 4.78 is 25.6. The normalized spacial score (nSPS) is 26.3. The lowest BCUT2D eigenvalue weighted by Gasteiger charge is -2.27. The van der Waals surface area contributed by atoms with Crippen LogP contribution in [-0.2, 0) is 5.54 Å². The van der Waals surface area contributed by atoms with E-state index < -0.39 is 5.82 Å². The predicted octanol–water partition coefficient (Wildman–Crippen LogP) is 3.24. The summed E-state index contributed by atoms with van der Waals surface area (Å²) in [5, 5.41) is 3.38. The number of hydrogen-bond donors (Lipinski definition) is 1. The lowest BCUT2D eigenvalue weighted by atomic mass is 9.89. The molecule has 0 radical (unpaired) electrons. The Hall–Kier alpha value is -1.00. The molecule has 1 unspecified atom stereocenters. The molecule has 0 aromatic heterocycles. The molecule has 1 fully saturated rings. The standard InChI is InChI=1S/C14H17ClFNO2/c1-14(4-2-5-17-14)9-8-10-13(11(15)12(9)16)19-7-3-6-18-10/h8,17H,2-7H2,1H3. The Bertz CT molecular complexity index is 501. The molecule has 3 rings (SSSR count). The van der Waals surface area contributed by atoms with Crippen molar-refractivity contribution in [2.45, 2.75) is 31.7 Å². The number of fused-ring (bicyclic) bond motifs is 1. The molecule has 3 nitrogen and oxygen atoms in total. The van der Waals surface area contributed by atoms with Crippen molar-refractivity contribution in [2.24, 2.45) is 0 Å². The van der Waals surface area contributed by atoms with Gasteiger partial charge in [-0.2, -0.15) is 0 Å². The maximum atomic E-state index is 14.5. The molecule has 1 aromatic rings. The van der Waals surface area contributed by atoms with E-state index in [1.807, 2.05) is 6.92 Å². The highest BCUT2D eigenvalue weighted by Crippen LogP contribution is 2.44. The van der Waals surface area contributed by atoms with Crippen molar-refractivity contribution >= 4 is 11.6 Å². The van der Waals surface area contributed by atoms with Crippen molar-refractivity contribution in [3.8, 4) is 11.5 Å². The Labute approximate surface area is 117 Å². The Balaban J connectivity index is 2.11. The van der Waals surface area contributed by atoms with E-state index in [9.17, 15) is 4.39 Å². The minimum Gasteiger partial charge on any atom is -0.489 e. The molecule has 1 atom stereocenters. The van der Waals surface area contributed by atoms with Crippen LogP contribution in [0.25, 0.3) is 0 Å². The van der Waals surface area contributed by atoms with Crippen LogP contribution in [0.3, 0.4) is 0 Å². The fourth-order valence-electron chi connectivity index (χ4n) is 2.77. The summed E-state index contributed by atoms with van der Waals surface area (Å²) in [6.45, 7) is 3.96. The van der Waals surface area contributed by atoms with E-state index in [2.05, 4.69) is 5.32 Å². The zero-order valence-electron chi connectivity index (χ0n) is 10.9. The van der Waals surface area contributed by atoms with Gasteiger partial charge < -0.3 is 14.8 Å². The second-order valence-corrected chi connectivity index (χ2v) is 5.67. The van der Waals surface area contributed by atoms with E-state index in [0.717, 1.165) is 25.8 Å². The van der Waals surface area contributed by atoms with Crippen molar-refractivity contribution in [1.29, 1.82) is 0 Å². The van der Waals surface area contributed by atoms with Gasteiger partial charge in [0, 0.05) is 17.5 Å². The molecule has 2 heterocycles. The van der Waals surface area contributed by atoms with E-state index >= 15 is 0 Å². The lowest BCUT2D eigenvalue weighted by molar-refractivity contribution is 0.296. The first-order valence-corrected chi connectivity index (χ1v) is 7.03. The van der Waals surface area contributed by atoms with Crippen molar-refractivity contribution in [3.63, 3.8) is 0 Å². The smallest absolute Gasteiger partial charge is 0.182 e. The fraction of sp³-hybridized carbons (Fsp3) is 0.571. The molecular formula is C14H17ClFNO2. The van der Waals surface area contributed by atoms with E-state index in [1.54, 1.807) is 6.07 Å². The van der Waals surface area contributed by atoms with Gasteiger partial charge in [0.2, 0.25) is 0 Å². The van der Waals surface area contributed by atoms with Gasteiger partial charge in [-0.1, -0.05) is 11.6 Å². The first-order valence-electron chi connectivity index (χ1n) is 6.65. The SMILES string of the molecule is CC1(c2cc3c(c(Cl)c2F)OCCCO3)CCCN1. The van der Waals surface area contributed by atoms with E-state index in [0.29, 0.717) is 30.3 Å². The summed E-state index contributed by atoms with van der Waals surface area (Å²) >= 11 is 6.12. The van der Waals surface area contributed by atoms with Gasteiger partial charge >= 0.3 is 0 Å². The van der Waals surface area contributed by atoms with Gasteiger partial charge in [0.1, 0.15) is 5.02 Å². The molecule has 1 aromatic carbocycles. The molecule has 0 amide bonds. The number of hydrogen-bond acceptors (Lipinski definition) is 3. The Kier molecular flexibility index (Phi) is 3.31. The van der Waals surface area contributed by atoms with Gasteiger partial charge in [-0.05, 0) is 32.4 Å². The van der Waals surface area contributed by atoms with Crippen LogP contribution in [-0.4, -0.2) is 19.8 Å². The third-order valence-electron chi connectivity index (χ3n) is 3.88. The zero-order valence-corrected chi connectivity index (χ0v) is 11.6. The van der Waals surface area contributed by atoms with Gasteiger partial charge in [-0.15, -0.1) is 0 Å². The fourth-order valence-corrected chi connectivity index (χ4v) is 3.02. The average molecular weight is 286 g/mol. The lowest BCUT2D eigenvalue weighted by Crippen LogP contribution is -2.34. The van der Waals surface area contributed by atoms with E-state index in [4.69, 9.17) is 21.1 Å². The Morgan fingerprint density at radius 3 is 2.84 bits per heavy atom. The van der Waals surface area contributed by atoms with Crippen LogP contribution in [0, 0.1) is 5.82 Å². The Morgan fingerprint density at radius 2 is 2.11 bits per heavy atom. The number of benzene rings is 1. The van der Waals surface area contributed by atoms with Crippen LogP contribution < -0.4 is 14.8 Å². The first kappa shape index (κ1) is 13.0. The van der Waals surface area contributed by atoms with Crippen LogP contribution in [0.2, 0.25) is 5.02 Å². The van der Waals surface area contributed by atoms with E-state index in [-0.39, 0.29) is 10.6 Å². The van der Waals surface area contributed by atoms with Gasteiger partial charge in [-0.25, -0.2) is 4.39 Å². The zero-order chi connectivity index (χ0) is 13.5. The first-order chi connectivity index (χ1) is 9.12. The van der Waals surface area contributed by atoms with Gasteiger partial charge in [0.15, 0.2) is 17.3 Å². The highest BCUT2D eigenvalue weighted by Gasteiger charge is 2.35. The number of rotatable bonds is 1. The molecule has 2 aliphatic rings. The largest absolute Gasteiger partial charge is 0.489 e. The molecular weight excluding hydrogens is 269 g/mol. The van der Waals surface area contributed by atoms with Gasteiger partial charge in [0.05, 0.1) is 13.2 Å². The molecule has 5 heteroatoms. The summed E-state index contributed by atoms with van der Waals surface area (Å²) in [5.41, 5.74) is 0.192. The summed E-state index contributed by atoms with van der Waals surface area (Å²) in [5.74, 6) is 0.485. The minimum absolute atomic E-state index is 0.0318. The van der Waals surface area contributed by atoms with Crippen LogP contribution in [0.4, 0.5) is 4.39 Å². The van der Waals surface area contributed by atoms with Crippen molar-refractivity contribution in [3.05, 3.63) is 22.5 Å². The van der Waals surface area contributed by atoms with Crippen molar-refractivity contribution in [2.75, 3.05) is 19.8 Å². The summed E-state index contributed by atoms with van der Waals surface area (Å²) in [6, 6.07) is 1.74. The highest BCUT2D eigenvalue weighted by molar-refractivity contribution is 6.32. The van der Waals surface area contributed by atoms with Crippen molar-refractivity contribution < 1.29 is 13.9 Å². The summed E-state index contributed by atoms with van der Waals surface area (Å²) in [7, 11) is 0. The average Bonchev–Trinajstić information content (AvgIpc) is 2.70.